The minimum atomic E-state index is -0.125. The largest absolute Gasteiger partial charge is 0.497 e. The Morgan fingerprint density at radius 1 is 0.971 bits per heavy atom. The quantitative estimate of drug-likeness (QED) is 0.415. The summed E-state index contributed by atoms with van der Waals surface area (Å²) < 4.78 is 11.0. The van der Waals surface area contributed by atoms with E-state index < -0.39 is 0 Å². The molecule has 1 aromatic heterocycles. The molecule has 0 bridgehead atoms. The van der Waals surface area contributed by atoms with E-state index in [2.05, 4.69) is 12.1 Å². The number of nitrogens with zero attached hydrogens (tertiary/aromatic N) is 2. The Morgan fingerprint density at radius 3 is 2.32 bits per heavy atom. The normalized spacial score (nSPS) is 12.9. The molecule has 1 fully saturated rings. The fourth-order valence-electron chi connectivity index (χ4n) is 3.97. The number of hydrogen-bond donors (Lipinski definition) is 0. The van der Waals surface area contributed by atoms with Gasteiger partial charge in [0, 0.05) is 18.7 Å². The smallest absolute Gasteiger partial charge is 0.254 e. The molecule has 0 aliphatic heterocycles. The zero-order chi connectivity index (χ0) is 23.9. The fourth-order valence-corrected chi connectivity index (χ4v) is 3.97. The van der Waals surface area contributed by atoms with Crippen LogP contribution in [0.25, 0.3) is 0 Å². The first-order chi connectivity index (χ1) is 16.5. The van der Waals surface area contributed by atoms with Gasteiger partial charge in [0.1, 0.15) is 23.8 Å². The van der Waals surface area contributed by atoms with Crippen LogP contribution in [0, 0.1) is 12.8 Å². The number of amides is 2. The van der Waals surface area contributed by atoms with Gasteiger partial charge in [-0.2, -0.15) is 0 Å². The molecule has 1 heterocycles. The van der Waals surface area contributed by atoms with Crippen LogP contribution in [0.5, 0.6) is 5.75 Å². The van der Waals surface area contributed by atoms with Crippen molar-refractivity contribution in [3.05, 3.63) is 89.4 Å². The molecular weight excluding hydrogens is 428 g/mol. The Bertz CT molecular complexity index is 1090. The van der Waals surface area contributed by atoms with Gasteiger partial charge in [-0.3, -0.25) is 9.59 Å². The van der Waals surface area contributed by atoms with Crippen LogP contribution < -0.4 is 4.74 Å². The Morgan fingerprint density at radius 2 is 1.71 bits per heavy atom. The Kier molecular flexibility index (Phi) is 7.68. The first kappa shape index (κ1) is 23.6. The number of aryl methyl sites for hydroxylation is 1. The van der Waals surface area contributed by atoms with Crippen molar-refractivity contribution < 1.29 is 18.7 Å². The van der Waals surface area contributed by atoms with Gasteiger partial charge in [-0.25, -0.2) is 0 Å². The Labute approximate surface area is 201 Å². The lowest BCUT2D eigenvalue weighted by molar-refractivity contribution is -0.132. The van der Waals surface area contributed by atoms with E-state index >= 15 is 0 Å². The Balaban J connectivity index is 1.48. The maximum atomic E-state index is 13.5. The van der Waals surface area contributed by atoms with Crippen LogP contribution in [0.2, 0.25) is 0 Å². The average molecular weight is 461 g/mol. The highest BCUT2D eigenvalue weighted by Gasteiger charge is 2.30. The summed E-state index contributed by atoms with van der Waals surface area (Å²) in [4.78, 5) is 30.3. The average Bonchev–Trinajstić information content (AvgIpc) is 3.59. The monoisotopic (exact) mass is 460 g/mol. The predicted octanol–water partition coefficient (Wildman–Crippen LogP) is 4.72. The third kappa shape index (κ3) is 6.50. The van der Waals surface area contributed by atoms with Crippen molar-refractivity contribution >= 4 is 11.8 Å². The van der Waals surface area contributed by atoms with Crippen molar-refractivity contribution in [3.8, 4) is 5.75 Å². The lowest BCUT2D eigenvalue weighted by Gasteiger charge is -2.27. The standard InChI is InChI=1S/C28H32N2O4/c1-21-8-13-26(34-21)19-29(17-16-22-6-4-3-5-7-22)27(31)20-30(18-23-9-10-23)28(32)24-11-14-25(33-2)15-12-24/h3-8,11-15,23H,9-10,16-20H2,1-2H3. The molecule has 0 saturated heterocycles. The van der Waals surface area contributed by atoms with Gasteiger partial charge in [0.15, 0.2) is 0 Å². The maximum absolute atomic E-state index is 13.5. The molecule has 178 valence electrons. The molecule has 0 unspecified atom stereocenters. The minimum Gasteiger partial charge on any atom is -0.497 e. The van der Waals surface area contributed by atoms with Crippen molar-refractivity contribution in [1.82, 2.24) is 9.80 Å². The zero-order valence-corrected chi connectivity index (χ0v) is 19.9. The van der Waals surface area contributed by atoms with Gasteiger partial charge in [-0.15, -0.1) is 0 Å². The number of rotatable bonds is 11. The molecule has 0 N–H and O–H groups in total. The fraction of sp³-hybridized carbons (Fsp3) is 0.357. The number of carbonyl (C=O) groups excluding carboxylic acids is 2. The molecule has 2 aromatic carbocycles. The van der Waals surface area contributed by atoms with E-state index in [1.165, 1.54) is 5.56 Å². The summed E-state index contributed by atoms with van der Waals surface area (Å²) >= 11 is 0. The van der Waals surface area contributed by atoms with Gasteiger partial charge in [-0.1, -0.05) is 30.3 Å². The summed E-state index contributed by atoms with van der Waals surface area (Å²) in [5, 5.41) is 0. The van der Waals surface area contributed by atoms with Crippen molar-refractivity contribution in [3.63, 3.8) is 0 Å². The van der Waals surface area contributed by atoms with Crippen LogP contribution in [0.3, 0.4) is 0 Å². The van der Waals surface area contributed by atoms with Gasteiger partial charge in [0.25, 0.3) is 5.91 Å². The van der Waals surface area contributed by atoms with Crippen LogP contribution in [-0.4, -0.2) is 48.4 Å². The molecule has 1 aliphatic carbocycles. The summed E-state index contributed by atoms with van der Waals surface area (Å²) in [6.07, 6.45) is 2.94. The van der Waals surface area contributed by atoms with E-state index in [0.29, 0.717) is 36.9 Å². The van der Waals surface area contributed by atoms with Crippen LogP contribution in [-0.2, 0) is 17.8 Å². The van der Waals surface area contributed by atoms with Gasteiger partial charge in [0.2, 0.25) is 5.91 Å². The molecule has 34 heavy (non-hydrogen) atoms. The van der Waals surface area contributed by atoms with Crippen molar-refractivity contribution in [2.45, 2.75) is 32.7 Å². The van der Waals surface area contributed by atoms with Gasteiger partial charge >= 0.3 is 0 Å². The highest BCUT2D eigenvalue weighted by atomic mass is 16.5. The van der Waals surface area contributed by atoms with Gasteiger partial charge in [-0.05, 0) is 74.1 Å². The highest BCUT2D eigenvalue weighted by Crippen LogP contribution is 2.30. The molecule has 4 rings (SSSR count). The van der Waals surface area contributed by atoms with Crippen LogP contribution in [0.4, 0.5) is 0 Å². The van der Waals surface area contributed by atoms with Crippen LogP contribution in [0.1, 0.15) is 40.3 Å². The first-order valence-electron chi connectivity index (χ1n) is 11.8. The molecule has 2 amide bonds. The Hall–Kier alpha value is -3.54. The van der Waals surface area contributed by atoms with E-state index in [4.69, 9.17) is 9.15 Å². The molecule has 3 aromatic rings. The lowest BCUT2D eigenvalue weighted by Crippen LogP contribution is -2.44. The third-order valence-electron chi connectivity index (χ3n) is 6.13. The minimum absolute atomic E-state index is 0.0514. The second-order valence-electron chi connectivity index (χ2n) is 8.92. The molecule has 0 spiro atoms. The predicted molar refractivity (Wildman–Crippen MR) is 131 cm³/mol. The molecule has 1 saturated carbocycles. The number of hydrogen-bond acceptors (Lipinski definition) is 4. The number of furan rings is 1. The van der Waals surface area contributed by atoms with Crippen molar-refractivity contribution in [2.24, 2.45) is 5.92 Å². The zero-order valence-electron chi connectivity index (χ0n) is 19.9. The second kappa shape index (κ2) is 11.1. The molecular formula is C28H32N2O4. The lowest BCUT2D eigenvalue weighted by atomic mass is 10.1. The van der Waals surface area contributed by atoms with Crippen LogP contribution in [0.15, 0.2) is 71.1 Å². The summed E-state index contributed by atoms with van der Waals surface area (Å²) in [5.41, 5.74) is 1.73. The van der Waals surface area contributed by atoms with Crippen molar-refractivity contribution in [2.75, 3.05) is 26.7 Å². The maximum Gasteiger partial charge on any atom is 0.254 e. The number of carbonyl (C=O) groups is 2. The summed E-state index contributed by atoms with van der Waals surface area (Å²) in [7, 11) is 1.60. The molecule has 6 heteroatoms. The first-order valence-corrected chi connectivity index (χ1v) is 11.8. The topological polar surface area (TPSA) is 63.0 Å². The van der Waals surface area contributed by atoms with Crippen LogP contribution >= 0.6 is 0 Å². The number of ether oxygens (including phenoxy) is 1. The number of methoxy groups -OCH3 is 1. The summed E-state index contributed by atoms with van der Waals surface area (Å²) in [6, 6.07) is 21.0. The van der Waals surface area contributed by atoms with Gasteiger partial charge in [0.05, 0.1) is 13.7 Å². The molecule has 1 aliphatic rings. The van der Waals surface area contributed by atoms with E-state index in [-0.39, 0.29) is 18.4 Å². The highest BCUT2D eigenvalue weighted by molar-refractivity contribution is 5.96. The van der Waals surface area contributed by atoms with Crippen molar-refractivity contribution in [1.29, 1.82) is 0 Å². The van der Waals surface area contributed by atoms with E-state index in [0.717, 1.165) is 30.8 Å². The molecule has 0 radical (unpaired) electrons. The van der Waals surface area contributed by atoms with E-state index in [1.807, 2.05) is 37.3 Å². The molecule has 0 atom stereocenters. The number of benzene rings is 2. The third-order valence-corrected chi connectivity index (χ3v) is 6.13. The van der Waals surface area contributed by atoms with E-state index in [9.17, 15) is 9.59 Å². The van der Waals surface area contributed by atoms with Gasteiger partial charge < -0.3 is 19.0 Å². The summed E-state index contributed by atoms with van der Waals surface area (Å²) in [6.45, 7) is 3.48. The van der Waals surface area contributed by atoms with E-state index in [1.54, 1.807) is 41.2 Å². The summed E-state index contributed by atoms with van der Waals surface area (Å²) in [5.74, 6) is 2.53. The second-order valence-corrected chi connectivity index (χ2v) is 8.92. The molecule has 6 nitrogen and oxygen atoms in total. The SMILES string of the molecule is COc1ccc(C(=O)N(CC(=O)N(CCc2ccccc2)Cc2ccc(C)o2)CC2CC2)cc1.